The first-order chi connectivity index (χ1) is 10.5. The van der Waals surface area contributed by atoms with Crippen LogP contribution in [-0.2, 0) is 0 Å². The fraction of sp³-hybridized carbons (Fsp3) is 0.312. The number of furan rings is 1. The van der Waals surface area contributed by atoms with Crippen LogP contribution < -0.4 is 0 Å². The Balaban J connectivity index is 1.94. The molecule has 1 fully saturated rings. The van der Waals surface area contributed by atoms with Gasteiger partial charge in [0.25, 0.3) is 5.91 Å². The zero-order valence-corrected chi connectivity index (χ0v) is 11.9. The summed E-state index contributed by atoms with van der Waals surface area (Å²) < 4.78 is 31.6. The van der Waals surface area contributed by atoms with Crippen molar-refractivity contribution in [1.29, 1.82) is 0 Å². The van der Waals surface area contributed by atoms with Gasteiger partial charge in [-0.05, 0) is 37.1 Å². The Morgan fingerprint density at radius 2 is 2.09 bits per heavy atom. The molecule has 1 aliphatic heterocycles. The van der Waals surface area contributed by atoms with Crippen LogP contribution in [0, 0.1) is 18.6 Å². The molecule has 2 heterocycles. The van der Waals surface area contributed by atoms with Gasteiger partial charge in [-0.15, -0.1) is 0 Å². The molecule has 4 nitrogen and oxygen atoms in total. The second-order valence-electron chi connectivity index (χ2n) is 5.43. The molecule has 1 amide bonds. The van der Waals surface area contributed by atoms with Crippen LogP contribution in [0.5, 0.6) is 0 Å². The van der Waals surface area contributed by atoms with E-state index >= 15 is 0 Å². The summed E-state index contributed by atoms with van der Waals surface area (Å²) in [5, 5.41) is 9.89. The summed E-state index contributed by atoms with van der Waals surface area (Å²) in [5.41, 5.74) is 0.867. The van der Waals surface area contributed by atoms with E-state index < -0.39 is 23.8 Å². The monoisotopic (exact) mass is 307 g/mol. The lowest BCUT2D eigenvalue weighted by atomic mass is 10.0. The number of benzene rings is 1. The fourth-order valence-electron chi connectivity index (χ4n) is 2.84. The van der Waals surface area contributed by atoms with Crippen LogP contribution in [0.15, 0.2) is 34.9 Å². The Morgan fingerprint density at radius 1 is 1.32 bits per heavy atom. The SMILES string of the molecule is Cc1occc1C(=O)N1C[C@@H](O)C[C@H]1c1ccc(F)c(F)c1. The summed E-state index contributed by atoms with van der Waals surface area (Å²) in [7, 11) is 0. The third-order valence-electron chi connectivity index (χ3n) is 3.96. The van der Waals surface area contributed by atoms with E-state index in [4.69, 9.17) is 4.42 Å². The molecular formula is C16H15F2NO3. The first-order valence-electron chi connectivity index (χ1n) is 6.95. The molecule has 0 radical (unpaired) electrons. The Morgan fingerprint density at radius 3 is 2.73 bits per heavy atom. The van der Waals surface area contributed by atoms with Gasteiger partial charge in [0.05, 0.1) is 24.0 Å². The Hall–Kier alpha value is -2.21. The number of aliphatic hydroxyl groups excluding tert-OH is 1. The molecule has 0 unspecified atom stereocenters. The fourth-order valence-corrected chi connectivity index (χ4v) is 2.84. The molecule has 3 rings (SSSR count). The van der Waals surface area contributed by atoms with E-state index in [2.05, 4.69) is 0 Å². The molecule has 1 aromatic carbocycles. The zero-order valence-electron chi connectivity index (χ0n) is 11.9. The van der Waals surface area contributed by atoms with Crippen molar-refractivity contribution in [3.8, 4) is 0 Å². The van der Waals surface area contributed by atoms with E-state index in [1.807, 2.05) is 0 Å². The molecule has 1 N–H and O–H groups in total. The minimum Gasteiger partial charge on any atom is -0.469 e. The number of β-amino-alcohol motifs (C(OH)–C–C–N with tert-alkyl or cyclic N) is 1. The number of hydrogen-bond donors (Lipinski definition) is 1. The number of halogens is 2. The number of likely N-dealkylation sites (tertiary alicyclic amines) is 1. The van der Waals surface area contributed by atoms with E-state index in [1.165, 1.54) is 17.2 Å². The average Bonchev–Trinajstić information content (AvgIpc) is 3.07. The molecule has 0 bridgehead atoms. The minimum atomic E-state index is -0.967. The smallest absolute Gasteiger partial charge is 0.257 e. The van der Waals surface area contributed by atoms with Gasteiger partial charge in [-0.2, -0.15) is 0 Å². The van der Waals surface area contributed by atoms with Gasteiger partial charge in [0, 0.05) is 6.54 Å². The van der Waals surface area contributed by atoms with Crippen LogP contribution in [0.3, 0.4) is 0 Å². The number of carbonyl (C=O) groups is 1. The molecule has 1 aromatic heterocycles. The molecule has 0 spiro atoms. The largest absolute Gasteiger partial charge is 0.469 e. The summed E-state index contributed by atoms with van der Waals surface area (Å²) in [4.78, 5) is 14.1. The predicted octanol–water partition coefficient (Wildman–Crippen LogP) is 2.81. The number of hydrogen-bond acceptors (Lipinski definition) is 3. The maximum atomic E-state index is 13.4. The van der Waals surface area contributed by atoms with Gasteiger partial charge < -0.3 is 14.4 Å². The highest BCUT2D eigenvalue weighted by atomic mass is 19.2. The molecule has 116 valence electrons. The summed E-state index contributed by atoms with van der Waals surface area (Å²) >= 11 is 0. The van der Waals surface area contributed by atoms with Crippen LogP contribution >= 0.6 is 0 Å². The zero-order chi connectivity index (χ0) is 15.9. The molecule has 0 saturated carbocycles. The quantitative estimate of drug-likeness (QED) is 0.928. The molecule has 6 heteroatoms. The van der Waals surface area contributed by atoms with Crippen molar-refractivity contribution in [1.82, 2.24) is 4.90 Å². The lowest BCUT2D eigenvalue weighted by Crippen LogP contribution is -2.32. The van der Waals surface area contributed by atoms with Crippen molar-refractivity contribution in [3.05, 3.63) is 59.1 Å². The minimum absolute atomic E-state index is 0.146. The van der Waals surface area contributed by atoms with Gasteiger partial charge in [-0.3, -0.25) is 4.79 Å². The van der Waals surface area contributed by atoms with E-state index in [1.54, 1.807) is 13.0 Å². The van der Waals surface area contributed by atoms with Crippen LogP contribution in [0.2, 0.25) is 0 Å². The van der Waals surface area contributed by atoms with Crippen LogP contribution in [0.1, 0.15) is 34.1 Å². The van der Waals surface area contributed by atoms with Crippen molar-refractivity contribution >= 4 is 5.91 Å². The lowest BCUT2D eigenvalue weighted by Gasteiger charge is -2.24. The molecule has 2 atom stereocenters. The van der Waals surface area contributed by atoms with E-state index in [9.17, 15) is 18.7 Å². The Labute approximate surface area is 126 Å². The molecule has 1 saturated heterocycles. The Kier molecular flexibility index (Phi) is 3.70. The number of amides is 1. The maximum Gasteiger partial charge on any atom is 0.257 e. The second-order valence-corrected chi connectivity index (χ2v) is 5.43. The highest BCUT2D eigenvalue weighted by Gasteiger charge is 2.36. The van der Waals surface area contributed by atoms with Gasteiger partial charge in [-0.25, -0.2) is 8.78 Å². The van der Waals surface area contributed by atoms with Gasteiger partial charge in [-0.1, -0.05) is 6.07 Å². The molecular weight excluding hydrogens is 292 g/mol. The van der Waals surface area contributed by atoms with Crippen LogP contribution in [0.25, 0.3) is 0 Å². The standard InChI is InChI=1S/C16H15F2NO3/c1-9-12(4-5-22-9)16(21)19-8-11(20)7-15(19)10-2-3-13(17)14(18)6-10/h2-6,11,15,20H,7-8H2,1H3/t11-,15-/m0/s1. The van der Waals surface area contributed by atoms with Gasteiger partial charge in [0.2, 0.25) is 0 Å². The van der Waals surface area contributed by atoms with Crippen molar-refractivity contribution in [2.45, 2.75) is 25.5 Å². The lowest BCUT2D eigenvalue weighted by molar-refractivity contribution is 0.0713. The highest BCUT2D eigenvalue weighted by Crippen LogP contribution is 2.34. The second kappa shape index (κ2) is 5.53. The van der Waals surface area contributed by atoms with Crippen molar-refractivity contribution in [3.63, 3.8) is 0 Å². The van der Waals surface area contributed by atoms with Gasteiger partial charge in [0.15, 0.2) is 11.6 Å². The van der Waals surface area contributed by atoms with Gasteiger partial charge >= 0.3 is 0 Å². The predicted molar refractivity (Wildman–Crippen MR) is 74.2 cm³/mol. The number of aryl methyl sites for hydroxylation is 1. The average molecular weight is 307 g/mol. The number of nitrogens with zero attached hydrogens (tertiary/aromatic N) is 1. The van der Waals surface area contributed by atoms with Crippen LogP contribution in [-0.4, -0.2) is 28.6 Å². The number of rotatable bonds is 2. The van der Waals surface area contributed by atoms with Crippen molar-refractivity contribution < 1.29 is 23.1 Å². The van der Waals surface area contributed by atoms with Gasteiger partial charge in [0.1, 0.15) is 5.76 Å². The summed E-state index contributed by atoms with van der Waals surface area (Å²) in [6, 6.07) is 4.60. The third-order valence-corrected chi connectivity index (χ3v) is 3.96. The van der Waals surface area contributed by atoms with Crippen LogP contribution in [0.4, 0.5) is 8.78 Å². The van der Waals surface area contributed by atoms with E-state index in [-0.39, 0.29) is 18.9 Å². The molecule has 1 aliphatic rings. The van der Waals surface area contributed by atoms with E-state index in [0.717, 1.165) is 12.1 Å². The summed E-state index contributed by atoms with van der Waals surface area (Å²) in [6.07, 6.45) is 1.00. The normalized spacial score (nSPS) is 21.4. The van der Waals surface area contributed by atoms with E-state index in [0.29, 0.717) is 16.9 Å². The first kappa shape index (κ1) is 14.7. The first-order valence-corrected chi connectivity index (χ1v) is 6.95. The summed E-state index contributed by atoms with van der Waals surface area (Å²) in [6.45, 7) is 1.82. The number of aliphatic hydroxyl groups is 1. The number of carbonyl (C=O) groups excluding carboxylic acids is 1. The van der Waals surface area contributed by atoms with Crippen molar-refractivity contribution in [2.24, 2.45) is 0 Å². The molecule has 22 heavy (non-hydrogen) atoms. The van der Waals surface area contributed by atoms with Crippen molar-refractivity contribution in [2.75, 3.05) is 6.54 Å². The highest BCUT2D eigenvalue weighted by molar-refractivity contribution is 5.95. The third kappa shape index (κ3) is 2.50. The summed E-state index contributed by atoms with van der Waals surface area (Å²) in [5.74, 6) is -1.72. The Bertz CT molecular complexity index is 713. The topological polar surface area (TPSA) is 53.7 Å². The molecule has 0 aliphatic carbocycles. The molecule has 2 aromatic rings. The maximum absolute atomic E-state index is 13.4.